The molecular formula is C16H17N3O2. The van der Waals surface area contributed by atoms with Gasteiger partial charge in [0.2, 0.25) is 5.89 Å². The lowest BCUT2D eigenvalue weighted by atomic mass is 10.0. The van der Waals surface area contributed by atoms with Gasteiger partial charge in [-0.05, 0) is 19.2 Å². The van der Waals surface area contributed by atoms with Gasteiger partial charge in [-0.25, -0.2) is 0 Å². The highest BCUT2D eigenvalue weighted by atomic mass is 16.5. The van der Waals surface area contributed by atoms with Crippen molar-refractivity contribution >= 4 is 10.8 Å². The zero-order valence-electron chi connectivity index (χ0n) is 12.0. The van der Waals surface area contributed by atoms with E-state index in [4.69, 9.17) is 4.52 Å². The second-order valence-corrected chi connectivity index (χ2v) is 5.06. The van der Waals surface area contributed by atoms with Gasteiger partial charge in [0.25, 0.3) is 0 Å². The molecule has 0 aliphatic carbocycles. The van der Waals surface area contributed by atoms with Crippen LogP contribution in [0, 0.1) is 6.92 Å². The first-order chi connectivity index (χ1) is 10.1. The average molecular weight is 283 g/mol. The molecular weight excluding hydrogens is 266 g/mol. The first-order valence-corrected chi connectivity index (χ1v) is 6.88. The van der Waals surface area contributed by atoms with Crippen LogP contribution in [-0.2, 0) is 6.54 Å². The van der Waals surface area contributed by atoms with Crippen molar-refractivity contribution in [2.45, 2.75) is 26.4 Å². The number of nitrogens with one attached hydrogen (secondary N) is 1. The highest BCUT2D eigenvalue weighted by Crippen LogP contribution is 2.32. The van der Waals surface area contributed by atoms with Crippen molar-refractivity contribution in [1.29, 1.82) is 0 Å². The van der Waals surface area contributed by atoms with Crippen LogP contribution in [0.1, 0.15) is 30.2 Å². The summed E-state index contributed by atoms with van der Waals surface area (Å²) in [5.41, 5.74) is 0.852. The normalized spacial score (nSPS) is 12.7. The maximum absolute atomic E-state index is 10.4. The Bertz CT molecular complexity index is 767. The molecule has 21 heavy (non-hydrogen) atoms. The SMILES string of the molecule is Cc1noc(CNC(C)c2ccc3ccccc3c2O)n1. The number of rotatable bonds is 4. The van der Waals surface area contributed by atoms with Gasteiger partial charge in [0, 0.05) is 17.0 Å². The smallest absolute Gasteiger partial charge is 0.240 e. The molecule has 0 amide bonds. The van der Waals surface area contributed by atoms with Crippen LogP contribution in [0.25, 0.3) is 10.8 Å². The number of aryl methyl sites for hydroxylation is 1. The van der Waals surface area contributed by atoms with Gasteiger partial charge in [0.05, 0.1) is 6.54 Å². The Kier molecular flexibility index (Phi) is 3.58. The van der Waals surface area contributed by atoms with Crippen LogP contribution in [0.4, 0.5) is 0 Å². The minimum absolute atomic E-state index is 0.0261. The van der Waals surface area contributed by atoms with E-state index in [0.29, 0.717) is 24.0 Å². The number of fused-ring (bicyclic) bond motifs is 1. The summed E-state index contributed by atoms with van der Waals surface area (Å²) in [6.07, 6.45) is 0. The van der Waals surface area contributed by atoms with Crippen molar-refractivity contribution in [3.05, 3.63) is 53.7 Å². The van der Waals surface area contributed by atoms with E-state index < -0.39 is 0 Å². The van der Waals surface area contributed by atoms with Crippen LogP contribution in [0.3, 0.4) is 0 Å². The van der Waals surface area contributed by atoms with Crippen molar-refractivity contribution in [2.75, 3.05) is 0 Å². The van der Waals surface area contributed by atoms with Gasteiger partial charge in [-0.3, -0.25) is 0 Å². The van der Waals surface area contributed by atoms with Crippen LogP contribution in [0.2, 0.25) is 0 Å². The standard InChI is InChI=1S/C16H17N3O2/c1-10(17-9-15-18-11(2)19-21-15)13-8-7-12-5-3-4-6-14(12)16(13)20/h3-8,10,17,20H,9H2,1-2H3. The van der Waals surface area contributed by atoms with Crippen molar-refractivity contribution in [1.82, 2.24) is 15.5 Å². The summed E-state index contributed by atoms with van der Waals surface area (Å²) < 4.78 is 5.06. The third-order valence-electron chi connectivity index (χ3n) is 3.53. The highest BCUT2D eigenvalue weighted by Gasteiger charge is 2.13. The fourth-order valence-electron chi connectivity index (χ4n) is 2.38. The number of phenolic OH excluding ortho intramolecular Hbond substituents is 1. The minimum atomic E-state index is -0.0261. The number of hydrogen-bond acceptors (Lipinski definition) is 5. The van der Waals surface area contributed by atoms with E-state index in [-0.39, 0.29) is 6.04 Å². The third kappa shape index (κ3) is 2.73. The Hall–Kier alpha value is -2.40. The summed E-state index contributed by atoms with van der Waals surface area (Å²) in [5, 5.41) is 19.3. The molecule has 1 unspecified atom stereocenters. The van der Waals surface area contributed by atoms with Crippen LogP contribution in [-0.4, -0.2) is 15.2 Å². The molecule has 0 saturated carbocycles. The molecule has 0 fully saturated rings. The monoisotopic (exact) mass is 283 g/mol. The van der Waals surface area contributed by atoms with Gasteiger partial charge < -0.3 is 14.9 Å². The molecule has 3 aromatic rings. The van der Waals surface area contributed by atoms with Crippen LogP contribution < -0.4 is 5.32 Å². The molecule has 5 nitrogen and oxygen atoms in total. The zero-order valence-corrected chi connectivity index (χ0v) is 12.0. The minimum Gasteiger partial charge on any atom is -0.507 e. The molecule has 0 aliphatic rings. The Balaban J connectivity index is 1.81. The molecule has 5 heteroatoms. The van der Waals surface area contributed by atoms with Gasteiger partial charge in [-0.2, -0.15) is 4.98 Å². The second-order valence-electron chi connectivity index (χ2n) is 5.06. The molecule has 1 atom stereocenters. The number of nitrogens with zero attached hydrogens (tertiary/aromatic N) is 2. The molecule has 0 bridgehead atoms. The Morgan fingerprint density at radius 1 is 1.24 bits per heavy atom. The van der Waals surface area contributed by atoms with Crippen molar-refractivity contribution in [2.24, 2.45) is 0 Å². The van der Waals surface area contributed by atoms with Crippen LogP contribution >= 0.6 is 0 Å². The summed E-state index contributed by atoms with van der Waals surface area (Å²) >= 11 is 0. The Labute approximate surface area is 122 Å². The largest absolute Gasteiger partial charge is 0.507 e. The third-order valence-corrected chi connectivity index (χ3v) is 3.53. The predicted molar refractivity (Wildman–Crippen MR) is 79.9 cm³/mol. The van der Waals surface area contributed by atoms with Crippen molar-refractivity contribution in [3.8, 4) is 5.75 Å². The van der Waals surface area contributed by atoms with Gasteiger partial charge >= 0.3 is 0 Å². The Morgan fingerprint density at radius 2 is 2.05 bits per heavy atom. The number of aromatic nitrogens is 2. The maximum Gasteiger partial charge on any atom is 0.240 e. The lowest BCUT2D eigenvalue weighted by molar-refractivity contribution is 0.356. The molecule has 108 valence electrons. The van der Waals surface area contributed by atoms with E-state index in [1.54, 1.807) is 6.92 Å². The first-order valence-electron chi connectivity index (χ1n) is 6.88. The van der Waals surface area contributed by atoms with Gasteiger partial charge in [0.1, 0.15) is 5.75 Å². The topological polar surface area (TPSA) is 71.2 Å². The molecule has 2 aromatic carbocycles. The predicted octanol–water partition coefficient (Wildman–Crippen LogP) is 3.09. The van der Waals surface area contributed by atoms with E-state index in [0.717, 1.165) is 16.3 Å². The van der Waals surface area contributed by atoms with Crippen LogP contribution in [0.15, 0.2) is 40.9 Å². The summed E-state index contributed by atoms with van der Waals surface area (Å²) in [5.74, 6) is 1.47. The first kappa shape index (κ1) is 13.6. The summed E-state index contributed by atoms with van der Waals surface area (Å²) in [6.45, 7) is 4.24. The van der Waals surface area contributed by atoms with Gasteiger partial charge in [-0.1, -0.05) is 41.6 Å². The van der Waals surface area contributed by atoms with E-state index in [1.165, 1.54) is 0 Å². The van der Waals surface area contributed by atoms with E-state index in [2.05, 4.69) is 15.5 Å². The lowest BCUT2D eigenvalue weighted by Gasteiger charge is -2.15. The highest BCUT2D eigenvalue weighted by molar-refractivity contribution is 5.89. The quantitative estimate of drug-likeness (QED) is 0.770. The molecule has 0 aliphatic heterocycles. The maximum atomic E-state index is 10.4. The average Bonchev–Trinajstić information content (AvgIpc) is 2.91. The number of aromatic hydroxyl groups is 1. The molecule has 3 rings (SSSR count). The van der Waals surface area contributed by atoms with Gasteiger partial charge in [-0.15, -0.1) is 0 Å². The molecule has 1 heterocycles. The summed E-state index contributed by atoms with van der Waals surface area (Å²) in [4.78, 5) is 4.15. The van der Waals surface area contributed by atoms with Crippen molar-refractivity contribution in [3.63, 3.8) is 0 Å². The molecule has 0 saturated heterocycles. The van der Waals surface area contributed by atoms with E-state index in [1.807, 2.05) is 43.3 Å². The molecule has 0 radical (unpaired) electrons. The molecule has 0 spiro atoms. The fraction of sp³-hybridized carbons (Fsp3) is 0.250. The van der Waals surface area contributed by atoms with Crippen molar-refractivity contribution < 1.29 is 9.63 Å². The zero-order chi connectivity index (χ0) is 14.8. The van der Waals surface area contributed by atoms with Crippen LogP contribution in [0.5, 0.6) is 5.75 Å². The molecule has 1 aromatic heterocycles. The van der Waals surface area contributed by atoms with Gasteiger partial charge in [0.15, 0.2) is 5.82 Å². The lowest BCUT2D eigenvalue weighted by Crippen LogP contribution is -2.18. The number of phenols is 1. The van der Waals surface area contributed by atoms with E-state index >= 15 is 0 Å². The summed E-state index contributed by atoms with van der Waals surface area (Å²) in [7, 11) is 0. The fourth-order valence-corrected chi connectivity index (χ4v) is 2.38. The van der Waals surface area contributed by atoms with E-state index in [9.17, 15) is 5.11 Å². The Morgan fingerprint density at radius 3 is 2.81 bits per heavy atom. The second kappa shape index (κ2) is 5.54. The summed E-state index contributed by atoms with van der Waals surface area (Å²) in [6, 6.07) is 11.7. The number of hydrogen-bond donors (Lipinski definition) is 2. The molecule has 2 N–H and O–H groups in total. The number of benzene rings is 2.